The molecule has 7 aromatic carbocycles. The van der Waals surface area contributed by atoms with Crippen LogP contribution >= 0.6 is 0 Å². The van der Waals surface area contributed by atoms with Crippen LogP contribution < -0.4 is 0 Å². The Morgan fingerprint density at radius 1 is 0.312 bits per heavy atom. The molecule has 48 heavy (non-hydrogen) atoms. The zero-order valence-electron chi connectivity index (χ0n) is 25.6. The van der Waals surface area contributed by atoms with Crippen LogP contribution in [-0.4, -0.2) is 15.0 Å². The van der Waals surface area contributed by atoms with E-state index in [-0.39, 0.29) is 0 Å². The van der Waals surface area contributed by atoms with Gasteiger partial charge in [-0.05, 0) is 52.2 Å². The molecule has 0 N–H and O–H groups in total. The third kappa shape index (κ3) is 4.15. The predicted octanol–water partition coefficient (Wildman–Crippen LogP) is 11.5. The zero-order chi connectivity index (χ0) is 31.6. The number of nitrogens with zero attached hydrogens (tertiary/aromatic N) is 3. The number of hydrogen-bond donors (Lipinski definition) is 0. The number of fused-ring (bicyclic) bond motifs is 8. The first-order valence-corrected chi connectivity index (χ1v) is 15.9. The van der Waals surface area contributed by atoms with Crippen LogP contribution in [0.15, 0.2) is 160 Å². The molecule has 0 amide bonds. The maximum Gasteiger partial charge on any atom is 0.164 e. The molecule has 3 heterocycles. The van der Waals surface area contributed by atoms with Crippen molar-refractivity contribution in [3.05, 3.63) is 152 Å². The number of para-hydroxylation sites is 1. The predicted molar refractivity (Wildman–Crippen MR) is 194 cm³/mol. The summed E-state index contributed by atoms with van der Waals surface area (Å²) in [5, 5.41) is 6.29. The van der Waals surface area contributed by atoms with E-state index in [4.69, 9.17) is 23.8 Å². The second-order valence-electron chi connectivity index (χ2n) is 12.0. The molecule has 0 aliphatic rings. The minimum atomic E-state index is 0.576. The second-order valence-corrected chi connectivity index (χ2v) is 12.0. The van der Waals surface area contributed by atoms with Crippen molar-refractivity contribution in [1.29, 1.82) is 0 Å². The summed E-state index contributed by atoms with van der Waals surface area (Å²) >= 11 is 0. The molecule has 10 rings (SSSR count). The van der Waals surface area contributed by atoms with Gasteiger partial charge in [-0.1, -0.05) is 121 Å². The molecule has 0 saturated carbocycles. The number of benzene rings is 7. The van der Waals surface area contributed by atoms with Gasteiger partial charge in [-0.2, -0.15) is 0 Å². The molecule has 0 radical (unpaired) electrons. The summed E-state index contributed by atoms with van der Waals surface area (Å²) < 4.78 is 12.8. The Bertz CT molecular complexity index is 2840. The van der Waals surface area contributed by atoms with E-state index in [9.17, 15) is 0 Å². The van der Waals surface area contributed by atoms with E-state index in [2.05, 4.69) is 84.9 Å². The first kappa shape index (κ1) is 26.6. The topological polar surface area (TPSA) is 65.0 Å². The Hall–Kier alpha value is -6.59. The Kier molecular flexibility index (Phi) is 5.81. The molecule has 0 unspecified atom stereocenters. The van der Waals surface area contributed by atoms with Gasteiger partial charge in [-0.3, -0.25) is 0 Å². The van der Waals surface area contributed by atoms with Crippen LogP contribution in [0.1, 0.15) is 0 Å². The highest BCUT2D eigenvalue weighted by Gasteiger charge is 2.21. The molecule has 0 saturated heterocycles. The Balaban J connectivity index is 1.25. The Morgan fingerprint density at radius 2 is 0.917 bits per heavy atom. The van der Waals surface area contributed by atoms with Gasteiger partial charge in [0.05, 0.1) is 0 Å². The molecule has 0 atom stereocenters. The van der Waals surface area contributed by atoms with Gasteiger partial charge < -0.3 is 8.83 Å². The monoisotopic (exact) mass is 615 g/mol. The quantitative estimate of drug-likeness (QED) is 0.197. The van der Waals surface area contributed by atoms with Gasteiger partial charge in [-0.25, -0.2) is 15.0 Å². The summed E-state index contributed by atoms with van der Waals surface area (Å²) in [5.74, 6) is 1.76. The van der Waals surface area contributed by atoms with E-state index in [1.807, 2.05) is 66.7 Å². The van der Waals surface area contributed by atoms with Crippen molar-refractivity contribution in [1.82, 2.24) is 15.0 Å². The van der Waals surface area contributed by atoms with Crippen LogP contribution in [0.4, 0.5) is 0 Å². The lowest BCUT2D eigenvalue weighted by Crippen LogP contribution is -2.01. The van der Waals surface area contributed by atoms with E-state index in [0.717, 1.165) is 76.9 Å². The van der Waals surface area contributed by atoms with Crippen molar-refractivity contribution in [2.24, 2.45) is 0 Å². The van der Waals surface area contributed by atoms with Gasteiger partial charge in [0.25, 0.3) is 0 Å². The van der Waals surface area contributed by atoms with E-state index in [0.29, 0.717) is 17.5 Å². The Labute approximate surface area is 274 Å². The average molecular weight is 616 g/mol. The smallest absolute Gasteiger partial charge is 0.164 e. The van der Waals surface area contributed by atoms with Crippen molar-refractivity contribution in [2.45, 2.75) is 0 Å². The van der Waals surface area contributed by atoms with Crippen LogP contribution in [0.25, 0.3) is 99.9 Å². The van der Waals surface area contributed by atoms with E-state index in [1.54, 1.807) is 0 Å². The van der Waals surface area contributed by atoms with Crippen LogP contribution in [0.5, 0.6) is 0 Å². The maximum atomic E-state index is 6.56. The lowest BCUT2D eigenvalue weighted by atomic mass is 9.97. The maximum absolute atomic E-state index is 6.56. The SMILES string of the molecule is c1ccc(-c2ccc3oc4cc(-c5nc(-c6ccccc6)nc(-c6cccc7oc8ccccc8c67)n5)c5ccccc5c4c3c2)cc1. The van der Waals surface area contributed by atoms with Crippen molar-refractivity contribution >= 4 is 54.6 Å². The molecule has 0 fully saturated rings. The van der Waals surface area contributed by atoms with Crippen molar-refractivity contribution in [3.8, 4) is 45.3 Å². The summed E-state index contributed by atoms with van der Waals surface area (Å²) in [4.78, 5) is 15.4. The molecule has 10 aromatic rings. The van der Waals surface area contributed by atoms with Gasteiger partial charge in [0.1, 0.15) is 22.3 Å². The van der Waals surface area contributed by atoms with E-state index in [1.165, 1.54) is 5.56 Å². The highest BCUT2D eigenvalue weighted by atomic mass is 16.3. The minimum absolute atomic E-state index is 0.576. The standard InChI is InChI=1S/C43H25N3O2/c1-3-12-26(13-4-1)28-22-23-36-34(24-28)39-30-17-8-7-16-29(30)33(25-38(39)48-36)43-45-41(27-14-5-2-6-15-27)44-42(46-43)32-19-11-21-37-40(32)31-18-9-10-20-35(31)47-37/h1-25H. The minimum Gasteiger partial charge on any atom is -0.456 e. The third-order valence-corrected chi connectivity index (χ3v) is 9.14. The van der Waals surface area contributed by atoms with Gasteiger partial charge in [0.2, 0.25) is 0 Å². The third-order valence-electron chi connectivity index (χ3n) is 9.14. The molecule has 0 spiro atoms. The fourth-order valence-electron chi connectivity index (χ4n) is 6.93. The molecule has 3 aromatic heterocycles. The molecule has 5 nitrogen and oxygen atoms in total. The molecule has 0 aliphatic heterocycles. The second kappa shape index (κ2) is 10.5. The molecule has 0 bridgehead atoms. The number of hydrogen-bond acceptors (Lipinski definition) is 5. The molecule has 0 aliphatic carbocycles. The normalized spacial score (nSPS) is 11.8. The fourth-order valence-corrected chi connectivity index (χ4v) is 6.93. The van der Waals surface area contributed by atoms with Crippen LogP contribution in [0, 0.1) is 0 Å². The summed E-state index contributed by atoms with van der Waals surface area (Å²) in [5.41, 5.74) is 8.24. The highest BCUT2D eigenvalue weighted by molar-refractivity contribution is 6.22. The number of aromatic nitrogens is 3. The van der Waals surface area contributed by atoms with Crippen molar-refractivity contribution in [3.63, 3.8) is 0 Å². The fraction of sp³-hybridized carbons (Fsp3) is 0. The molecule has 224 valence electrons. The lowest BCUT2D eigenvalue weighted by Gasteiger charge is -2.11. The lowest BCUT2D eigenvalue weighted by molar-refractivity contribution is 0.669. The van der Waals surface area contributed by atoms with Crippen LogP contribution in [0.3, 0.4) is 0 Å². The summed E-state index contributed by atoms with van der Waals surface area (Å²) in [6, 6.07) is 51.6. The van der Waals surface area contributed by atoms with E-state index >= 15 is 0 Å². The highest BCUT2D eigenvalue weighted by Crippen LogP contribution is 2.42. The molecular formula is C43H25N3O2. The summed E-state index contributed by atoms with van der Waals surface area (Å²) in [6.45, 7) is 0. The first-order valence-electron chi connectivity index (χ1n) is 15.9. The van der Waals surface area contributed by atoms with Gasteiger partial charge >= 0.3 is 0 Å². The summed E-state index contributed by atoms with van der Waals surface area (Å²) in [6.07, 6.45) is 0. The van der Waals surface area contributed by atoms with Crippen molar-refractivity contribution < 1.29 is 8.83 Å². The summed E-state index contributed by atoms with van der Waals surface area (Å²) in [7, 11) is 0. The van der Waals surface area contributed by atoms with E-state index < -0.39 is 0 Å². The van der Waals surface area contributed by atoms with Gasteiger partial charge in [0, 0.05) is 38.2 Å². The average Bonchev–Trinajstić information content (AvgIpc) is 3.73. The Morgan fingerprint density at radius 3 is 1.73 bits per heavy atom. The first-order chi connectivity index (χ1) is 23.8. The van der Waals surface area contributed by atoms with Gasteiger partial charge in [-0.15, -0.1) is 0 Å². The van der Waals surface area contributed by atoms with Crippen molar-refractivity contribution in [2.75, 3.05) is 0 Å². The molecular weight excluding hydrogens is 590 g/mol. The molecule has 5 heteroatoms. The number of rotatable bonds is 4. The van der Waals surface area contributed by atoms with Gasteiger partial charge in [0.15, 0.2) is 17.5 Å². The van der Waals surface area contributed by atoms with Crippen LogP contribution in [0.2, 0.25) is 0 Å². The van der Waals surface area contributed by atoms with Crippen LogP contribution in [-0.2, 0) is 0 Å². The number of furan rings is 2. The zero-order valence-corrected chi connectivity index (χ0v) is 25.6. The largest absolute Gasteiger partial charge is 0.456 e.